The molecule has 1 nitrogen and oxygen atoms in total. The average Bonchev–Trinajstić information content (AvgIpc) is 2.65. The lowest BCUT2D eigenvalue weighted by Gasteiger charge is -2.20. The van der Waals surface area contributed by atoms with Crippen LogP contribution in [0.15, 0.2) is 36.4 Å². The molecule has 0 aliphatic rings. The van der Waals surface area contributed by atoms with Crippen LogP contribution in [0.2, 0.25) is 5.02 Å². The molecule has 33 heavy (non-hydrogen) atoms. The van der Waals surface area contributed by atoms with Crippen LogP contribution >= 0.6 is 11.6 Å². The highest BCUT2D eigenvalue weighted by molar-refractivity contribution is 6.36. The summed E-state index contributed by atoms with van der Waals surface area (Å²) in [5.41, 5.74) is -2.12. The van der Waals surface area contributed by atoms with Crippen LogP contribution < -0.4 is 4.74 Å². The van der Waals surface area contributed by atoms with Crippen LogP contribution in [0.4, 0.5) is 35.1 Å². The second kappa shape index (κ2) is 9.10. The van der Waals surface area contributed by atoms with E-state index in [0.29, 0.717) is 6.42 Å². The molecular formula is C23H13ClF8O. The molecule has 3 rings (SSSR count). The number of hydrogen-bond acceptors (Lipinski definition) is 1. The molecule has 174 valence electrons. The highest BCUT2D eigenvalue weighted by atomic mass is 35.5. The highest BCUT2D eigenvalue weighted by Crippen LogP contribution is 2.38. The van der Waals surface area contributed by atoms with E-state index in [0.717, 1.165) is 42.3 Å². The molecule has 10 heteroatoms. The zero-order valence-electron chi connectivity index (χ0n) is 16.7. The van der Waals surface area contributed by atoms with Crippen LogP contribution in [0.5, 0.6) is 5.75 Å². The molecule has 0 heterocycles. The second-order valence-corrected chi connectivity index (χ2v) is 7.36. The summed E-state index contributed by atoms with van der Waals surface area (Å²) in [5.74, 6) is -2.31. The first kappa shape index (κ1) is 24.6. The van der Waals surface area contributed by atoms with E-state index < -0.39 is 51.6 Å². The van der Waals surface area contributed by atoms with E-state index in [1.807, 2.05) is 0 Å². The molecular weight excluding hydrogens is 480 g/mol. The van der Waals surface area contributed by atoms with Gasteiger partial charge in [-0.1, -0.05) is 30.9 Å². The molecule has 0 radical (unpaired) electrons. The lowest BCUT2D eigenvalue weighted by atomic mass is 10.0. The first-order valence-corrected chi connectivity index (χ1v) is 9.77. The Kier molecular flexibility index (Phi) is 6.80. The fraction of sp³-hybridized carbons (Fsp3) is 0.217. The van der Waals surface area contributed by atoms with E-state index >= 15 is 0 Å². The zero-order chi connectivity index (χ0) is 24.6. The Hall–Kier alpha value is -2.99. The number of halogens is 9. The topological polar surface area (TPSA) is 9.23 Å². The van der Waals surface area contributed by atoms with Crippen molar-refractivity contribution in [1.82, 2.24) is 0 Å². The number of benzene rings is 3. The Morgan fingerprint density at radius 1 is 0.909 bits per heavy atom. The smallest absolute Gasteiger partial charge is 0.429 e. The third kappa shape index (κ3) is 5.50. The summed E-state index contributed by atoms with van der Waals surface area (Å²) in [6.07, 6.45) is -8.47. The van der Waals surface area contributed by atoms with Gasteiger partial charge in [0, 0.05) is 11.3 Å². The molecule has 0 fully saturated rings. The van der Waals surface area contributed by atoms with Crippen LogP contribution in [0.3, 0.4) is 0 Å². The molecule has 0 aromatic heterocycles. The fourth-order valence-corrected chi connectivity index (χ4v) is 3.47. The van der Waals surface area contributed by atoms with Crippen molar-refractivity contribution in [1.29, 1.82) is 0 Å². The van der Waals surface area contributed by atoms with Crippen molar-refractivity contribution in [3.63, 3.8) is 0 Å². The third-order valence-electron chi connectivity index (χ3n) is 4.51. The molecule has 0 aliphatic carbocycles. The standard InChI is InChI=1S/C23H13ClF8O/c1-2-3-12-8-18(26)20(19(27)9-12)23(31,32)33-14-4-5-15-13(10-14)11-17(25)16(21(15)24)6-7-22(28,29)30/h4-5,8-11H,2-3H2,1H3. The van der Waals surface area contributed by atoms with Gasteiger partial charge in [-0.25, -0.2) is 13.2 Å². The lowest BCUT2D eigenvalue weighted by molar-refractivity contribution is -0.189. The van der Waals surface area contributed by atoms with Crippen LogP contribution in [0.1, 0.15) is 30.0 Å². The van der Waals surface area contributed by atoms with Crippen molar-refractivity contribution >= 4 is 22.4 Å². The summed E-state index contributed by atoms with van der Waals surface area (Å²) >= 11 is 5.94. The van der Waals surface area contributed by atoms with Gasteiger partial charge < -0.3 is 4.74 Å². The van der Waals surface area contributed by atoms with Gasteiger partial charge in [0.25, 0.3) is 0 Å². The molecule has 0 unspecified atom stereocenters. The maximum Gasteiger partial charge on any atom is 0.458 e. The van der Waals surface area contributed by atoms with Crippen molar-refractivity contribution in [2.24, 2.45) is 0 Å². The Balaban J connectivity index is 1.99. The van der Waals surface area contributed by atoms with Gasteiger partial charge in [0.05, 0.1) is 10.6 Å². The summed E-state index contributed by atoms with van der Waals surface area (Å²) in [5, 5.41) is -0.576. The number of ether oxygens (including phenoxy) is 1. The molecule has 3 aromatic carbocycles. The van der Waals surface area contributed by atoms with Gasteiger partial charge in [-0.15, -0.1) is 0 Å². The molecule has 0 atom stereocenters. The van der Waals surface area contributed by atoms with Gasteiger partial charge in [0.15, 0.2) is 0 Å². The van der Waals surface area contributed by atoms with Gasteiger partial charge in [0.1, 0.15) is 28.8 Å². The van der Waals surface area contributed by atoms with Gasteiger partial charge >= 0.3 is 12.3 Å². The fourth-order valence-electron chi connectivity index (χ4n) is 3.16. The van der Waals surface area contributed by atoms with Gasteiger partial charge in [-0.05, 0) is 53.8 Å². The molecule has 0 N–H and O–H groups in total. The van der Waals surface area contributed by atoms with Crippen molar-refractivity contribution < 1.29 is 39.9 Å². The largest absolute Gasteiger partial charge is 0.458 e. The average molecular weight is 493 g/mol. The van der Waals surface area contributed by atoms with Crippen LogP contribution in [-0.2, 0) is 12.5 Å². The molecule has 0 bridgehead atoms. The summed E-state index contributed by atoms with van der Waals surface area (Å²) < 4.78 is 113. The number of alkyl halides is 5. The number of hydrogen-bond donors (Lipinski definition) is 0. The Morgan fingerprint density at radius 2 is 1.55 bits per heavy atom. The van der Waals surface area contributed by atoms with Crippen molar-refractivity contribution in [2.45, 2.75) is 32.1 Å². The minimum atomic E-state index is -4.88. The summed E-state index contributed by atoms with van der Waals surface area (Å²) in [4.78, 5) is 0. The van der Waals surface area contributed by atoms with E-state index in [1.165, 1.54) is 0 Å². The van der Waals surface area contributed by atoms with E-state index in [2.05, 4.69) is 4.74 Å². The van der Waals surface area contributed by atoms with E-state index in [4.69, 9.17) is 11.6 Å². The predicted octanol–water partition coefficient (Wildman–Crippen LogP) is 7.91. The van der Waals surface area contributed by atoms with Crippen LogP contribution in [-0.4, -0.2) is 6.18 Å². The van der Waals surface area contributed by atoms with Crippen LogP contribution in [0, 0.1) is 29.3 Å². The Bertz CT molecular complexity index is 1250. The SMILES string of the molecule is CCCc1cc(F)c(C(F)(F)Oc2ccc3c(Cl)c(C#CC(F)(F)F)c(F)cc3c2)c(F)c1. The van der Waals surface area contributed by atoms with Crippen molar-refractivity contribution in [3.05, 3.63) is 75.6 Å². The zero-order valence-corrected chi connectivity index (χ0v) is 17.4. The molecule has 0 saturated carbocycles. The van der Waals surface area contributed by atoms with Crippen molar-refractivity contribution in [2.75, 3.05) is 0 Å². The monoisotopic (exact) mass is 492 g/mol. The molecule has 0 saturated heterocycles. The number of fused-ring (bicyclic) bond motifs is 1. The minimum absolute atomic E-state index is 0.00138. The predicted molar refractivity (Wildman–Crippen MR) is 107 cm³/mol. The maximum absolute atomic E-state index is 14.6. The quantitative estimate of drug-likeness (QED) is 0.260. The minimum Gasteiger partial charge on any atom is -0.429 e. The van der Waals surface area contributed by atoms with E-state index in [9.17, 15) is 35.1 Å². The summed E-state index contributed by atoms with van der Waals surface area (Å²) in [6, 6.07) is 5.24. The number of rotatable bonds is 5. The molecule has 0 aliphatic heterocycles. The first-order valence-electron chi connectivity index (χ1n) is 9.39. The number of aryl methyl sites for hydroxylation is 1. The van der Waals surface area contributed by atoms with Gasteiger partial charge in [-0.3, -0.25) is 0 Å². The molecule has 0 spiro atoms. The van der Waals surface area contributed by atoms with Gasteiger partial charge in [-0.2, -0.15) is 22.0 Å². The van der Waals surface area contributed by atoms with E-state index in [-0.39, 0.29) is 22.8 Å². The summed E-state index contributed by atoms with van der Waals surface area (Å²) in [7, 11) is 0. The second-order valence-electron chi connectivity index (χ2n) is 6.98. The first-order chi connectivity index (χ1) is 15.3. The Morgan fingerprint density at radius 3 is 2.12 bits per heavy atom. The van der Waals surface area contributed by atoms with Gasteiger partial charge in [0.2, 0.25) is 0 Å². The summed E-state index contributed by atoms with van der Waals surface area (Å²) in [6.45, 7) is 1.75. The normalized spacial score (nSPS) is 11.9. The van der Waals surface area contributed by atoms with Crippen LogP contribution in [0.25, 0.3) is 10.8 Å². The third-order valence-corrected chi connectivity index (χ3v) is 4.90. The molecule has 3 aromatic rings. The molecule has 0 amide bonds. The Labute approximate surface area is 187 Å². The highest BCUT2D eigenvalue weighted by Gasteiger charge is 2.41. The van der Waals surface area contributed by atoms with Crippen molar-refractivity contribution in [3.8, 4) is 17.6 Å². The maximum atomic E-state index is 14.6. The lowest BCUT2D eigenvalue weighted by Crippen LogP contribution is -2.25. The van der Waals surface area contributed by atoms with E-state index in [1.54, 1.807) is 12.8 Å².